The van der Waals surface area contributed by atoms with Crippen molar-refractivity contribution < 1.29 is 19.4 Å². The molecule has 2 unspecified atom stereocenters. The molecule has 3 N–H and O–H groups in total. The van der Waals surface area contributed by atoms with Gasteiger partial charge in [-0.25, -0.2) is 4.79 Å². The van der Waals surface area contributed by atoms with Crippen molar-refractivity contribution >= 4 is 6.09 Å². The van der Waals surface area contributed by atoms with Crippen LogP contribution < -0.4 is 5.73 Å². The van der Waals surface area contributed by atoms with E-state index in [9.17, 15) is 4.79 Å². The second kappa shape index (κ2) is 6.36. The predicted molar refractivity (Wildman–Crippen MR) is 67.2 cm³/mol. The fourth-order valence-corrected chi connectivity index (χ4v) is 1.77. The van der Waals surface area contributed by atoms with Crippen molar-refractivity contribution in [2.75, 3.05) is 26.3 Å². The molecule has 1 rings (SSSR count). The van der Waals surface area contributed by atoms with Gasteiger partial charge in [0, 0.05) is 12.6 Å². The van der Waals surface area contributed by atoms with Gasteiger partial charge in [0.1, 0.15) is 5.60 Å². The number of carbonyl (C=O) groups is 1. The Hall–Kier alpha value is -0.850. The van der Waals surface area contributed by atoms with Gasteiger partial charge < -0.3 is 25.2 Å². The molecule has 0 aromatic heterocycles. The summed E-state index contributed by atoms with van der Waals surface area (Å²) in [6.45, 7) is 6.90. The van der Waals surface area contributed by atoms with E-state index in [-0.39, 0.29) is 24.8 Å². The summed E-state index contributed by atoms with van der Waals surface area (Å²) >= 11 is 0. The van der Waals surface area contributed by atoms with Crippen molar-refractivity contribution in [3.05, 3.63) is 0 Å². The molecule has 1 fully saturated rings. The van der Waals surface area contributed by atoms with Gasteiger partial charge in [-0.15, -0.1) is 0 Å². The first-order valence-corrected chi connectivity index (χ1v) is 6.28. The fraction of sp³-hybridized carbons (Fsp3) is 0.917. The van der Waals surface area contributed by atoms with Crippen LogP contribution in [0.25, 0.3) is 0 Å². The molecule has 0 spiro atoms. The van der Waals surface area contributed by atoms with E-state index in [1.54, 1.807) is 4.90 Å². The third-order valence-electron chi connectivity index (χ3n) is 2.59. The lowest BCUT2D eigenvalue weighted by atomic mass is 10.1. The standard InChI is InChI=1S/C12H24N2O4/c1-12(2,3)18-11(16)14-4-5-17-10(7-14)6-9(13)8-15/h9-10,15H,4-8,13H2,1-3H3. The SMILES string of the molecule is CC(C)(C)OC(=O)N1CCOC(CC(N)CO)C1. The van der Waals surface area contributed by atoms with Crippen molar-refractivity contribution in [1.82, 2.24) is 4.90 Å². The summed E-state index contributed by atoms with van der Waals surface area (Å²) in [6, 6.07) is -0.311. The van der Waals surface area contributed by atoms with Crippen LogP contribution in [0.15, 0.2) is 0 Å². The second-order valence-electron chi connectivity index (χ2n) is 5.60. The van der Waals surface area contributed by atoms with Crippen LogP contribution in [0.2, 0.25) is 0 Å². The van der Waals surface area contributed by atoms with Gasteiger partial charge in [0.05, 0.1) is 25.9 Å². The number of carbonyl (C=O) groups excluding carboxylic acids is 1. The zero-order valence-electron chi connectivity index (χ0n) is 11.4. The summed E-state index contributed by atoms with van der Waals surface area (Å²) in [6.07, 6.45) is 0.0808. The van der Waals surface area contributed by atoms with Crippen LogP contribution in [-0.4, -0.2) is 60.1 Å². The molecule has 0 aromatic rings. The molecule has 1 aliphatic rings. The Bertz CT molecular complexity index is 278. The molecule has 18 heavy (non-hydrogen) atoms. The van der Waals surface area contributed by atoms with Gasteiger partial charge in [-0.3, -0.25) is 0 Å². The predicted octanol–water partition coefficient (Wildman–Crippen LogP) is 0.332. The van der Waals surface area contributed by atoms with Crippen LogP contribution in [0.5, 0.6) is 0 Å². The maximum atomic E-state index is 11.9. The molecule has 6 heteroatoms. The molecule has 0 saturated carbocycles. The van der Waals surface area contributed by atoms with Gasteiger partial charge in [-0.2, -0.15) is 0 Å². The molecule has 2 atom stereocenters. The molecule has 106 valence electrons. The van der Waals surface area contributed by atoms with Crippen LogP contribution in [0.4, 0.5) is 4.79 Å². The minimum Gasteiger partial charge on any atom is -0.444 e. The monoisotopic (exact) mass is 260 g/mol. The maximum Gasteiger partial charge on any atom is 0.410 e. The first-order chi connectivity index (χ1) is 8.31. The average Bonchev–Trinajstić information content (AvgIpc) is 2.27. The number of nitrogens with zero attached hydrogens (tertiary/aromatic N) is 1. The number of hydrogen-bond donors (Lipinski definition) is 2. The van der Waals surface area contributed by atoms with E-state index >= 15 is 0 Å². The number of morpholine rings is 1. The lowest BCUT2D eigenvalue weighted by Gasteiger charge is -2.34. The van der Waals surface area contributed by atoms with Gasteiger partial charge in [0.2, 0.25) is 0 Å². The number of aliphatic hydroxyl groups excluding tert-OH is 1. The van der Waals surface area contributed by atoms with Gasteiger partial charge in [0.15, 0.2) is 0 Å². The summed E-state index contributed by atoms with van der Waals surface area (Å²) in [7, 11) is 0. The van der Waals surface area contributed by atoms with E-state index < -0.39 is 5.60 Å². The minimum atomic E-state index is -0.494. The van der Waals surface area contributed by atoms with Gasteiger partial charge >= 0.3 is 6.09 Å². The molecular weight excluding hydrogens is 236 g/mol. The van der Waals surface area contributed by atoms with Crippen molar-refractivity contribution in [2.45, 2.75) is 44.9 Å². The summed E-state index contributed by atoms with van der Waals surface area (Å²) in [5.74, 6) is 0. The summed E-state index contributed by atoms with van der Waals surface area (Å²) in [5.41, 5.74) is 5.17. The van der Waals surface area contributed by atoms with Crippen molar-refractivity contribution in [3.8, 4) is 0 Å². The number of amides is 1. The highest BCUT2D eigenvalue weighted by molar-refractivity contribution is 5.68. The first-order valence-electron chi connectivity index (χ1n) is 6.28. The molecule has 0 aromatic carbocycles. The molecular formula is C12H24N2O4. The van der Waals surface area contributed by atoms with E-state index in [1.165, 1.54) is 0 Å². The van der Waals surface area contributed by atoms with Crippen LogP contribution in [-0.2, 0) is 9.47 Å². The fourth-order valence-electron chi connectivity index (χ4n) is 1.77. The third-order valence-corrected chi connectivity index (χ3v) is 2.59. The van der Waals surface area contributed by atoms with Gasteiger partial charge in [-0.1, -0.05) is 0 Å². The molecule has 1 saturated heterocycles. The Morgan fingerprint density at radius 2 is 2.28 bits per heavy atom. The normalized spacial score (nSPS) is 22.7. The molecule has 1 amide bonds. The highest BCUT2D eigenvalue weighted by atomic mass is 16.6. The quantitative estimate of drug-likeness (QED) is 0.764. The Morgan fingerprint density at radius 3 is 2.83 bits per heavy atom. The summed E-state index contributed by atoms with van der Waals surface area (Å²) in [4.78, 5) is 13.5. The molecule has 6 nitrogen and oxygen atoms in total. The largest absolute Gasteiger partial charge is 0.444 e. The zero-order valence-corrected chi connectivity index (χ0v) is 11.4. The number of nitrogens with two attached hydrogens (primary N) is 1. The Kier molecular flexibility index (Phi) is 5.37. The van der Waals surface area contributed by atoms with Gasteiger partial charge in [-0.05, 0) is 27.2 Å². The van der Waals surface area contributed by atoms with Gasteiger partial charge in [0.25, 0.3) is 0 Å². The Balaban J connectivity index is 2.45. The summed E-state index contributed by atoms with van der Waals surface area (Å²) < 4.78 is 10.8. The summed E-state index contributed by atoms with van der Waals surface area (Å²) in [5, 5.41) is 8.91. The van der Waals surface area contributed by atoms with Crippen molar-refractivity contribution in [1.29, 1.82) is 0 Å². The molecule has 1 heterocycles. The average molecular weight is 260 g/mol. The number of rotatable bonds is 3. The number of aliphatic hydroxyl groups is 1. The number of hydrogen-bond acceptors (Lipinski definition) is 5. The van der Waals surface area contributed by atoms with E-state index in [4.69, 9.17) is 20.3 Å². The highest BCUT2D eigenvalue weighted by Gasteiger charge is 2.28. The Morgan fingerprint density at radius 1 is 1.61 bits per heavy atom. The first kappa shape index (κ1) is 15.2. The lowest BCUT2D eigenvalue weighted by Crippen LogP contribution is -2.49. The van der Waals surface area contributed by atoms with Crippen LogP contribution in [0, 0.1) is 0 Å². The van der Waals surface area contributed by atoms with Crippen LogP contribution in [0.1, 0.15) is 27.2 Å². The van der Waals surface area contributed by atoms with E-state index in [0.717, 1.165) is 0 Å². The van der Waals surface area contributed by atoms with Crippen LogP contribution in [0.3, 0.4) is 0 Å². The zero-order chi connectivity index (χ0) is 13.8. The minimum absolute atomic E-state index is 0.0771. The molecule has 0 bridgehead atoms. The van der Waals surface area contributed by atoms with E-state index in [0.29, 0.717) is 26.1 Å². The van der Waals surface area contributed by atoms with Crippen LogP contribution >= 0.6 is 0 Å². The van der Waals surface area contributed by atoms with Crippen molar-refractivity contribution in [3.63, 3.8) is 0 Å². The maximum absolute atomic E-state index is 11.9. The lowest BCUT2D eigenvalue weighted by molar-refractivity contribution is -0.0477. The number of ether oxygens (including phenoxy) is 2. The second-order valence-corrected chi connectivity index (χ2v) is 5.60. The third kappa shape index (κ3) is 5.20. The molecule has 0 aliphatic carbocycles. The highest BCUT2D eigenvalue weighted by Crippen LogP contribution is 2.14. The topological polar surface area (TPSA) is 85.0 Å². The molecule has 0 radical (unpaired) electrons. The van der Waals surface area contributed by atoms with E-state index in [2.05, 4.69) is 0 Å². The smallest absolute Gasteiger partial charge is 0.410 e. The Labute approximate surface area is 108 Å². The molecule has 1 aliphatic heterocycles. The van der Waals surface area contributed by atoms with E-state index in [1.807, 2.05) is 20.8 Å². The van der Waals surface area contributed by atoms with Crippen molar-refractivity contribution in [2.24, 2.45) is 5.73 Å².